The molecule has 19 heavy (non-hydrogen) atoms. The average Bonchev–Trinajstić information content (AvgIpc) is 2.46. The van der Waals surface area contributed by atoms with Crippen LogP contribution in [0.15, 0.2) is 30.3 Å². The molecule has 0 radical (unpaired) electrons. The van der Waals surface area contributed by atoms with Crippen molar-refractivity contribution in [3.8, 4) is 0 Å². The van der Waals surface area contributed by atoms with Gasteiger partial charge in [-0.3, -0.25) is 0 Å². The van der Waals surface area contributed by atoms with Gasteiger partial charge in [0.25, 0.3) is 0 Å². The van der Waals surface area contributed by atoms with Gasteiger partial charge in [-0.2, -0.15) is 0 Å². The maximum atomic E-state index is 3.51. The van der Waals surface area contributed by atoms with Crippen LogP contribution in [-0.4, -0.2) is 37.1 Å². The minimum absolute atomic E-state index is 0.340. The quantitative estimate of drug-likeness (QED) is 0.875. The number of nitrogens with zero attached hydrogens (tertiary/aromatic N) is 1. The Labute approximate surface area is 118 Å². The van der Waals surface area contributed by atoms with Crippen LogP contribution >= 0.6 is 0 Å². The highest BCUT2D eigenvalue weighted by Crippen LogP contribution is 2.34. The Morgan fingerprint density at radius 1 is 1.16 bits per heavy atom. The molecule has 1 saturated heterocycles. The first kappa shape index (κ1) is 14.5. The lowest BCUT2D eigenvalue weighted by Gasteiger charge is -2.43. The summed E-state index contributed by atoms with van der Waals surface area (Å²) < 4.78 is 0. The summed E-state index contributed by atoms with van der Waals surface area (Å²) in [5.74, 6) is 0. The van der Waals surface area contributed by atoms with Crippen molar-refractivity contribution in [2.24, 2.45) is 0 Å². The summed E-state index contributed by atoms with van der Waals surface area (Å²) in [6, 6.07) is 11.8. The molecule has 1 heterocycles. The molecule has 1 aromatic rings. The molecule has 106 valence electrons. The summed E-state index contributed by atoms with van der Waals surface area (Å²) in [6.45, 7) is 11.5. The van der Waals surface area contributed by atoms with Crippen molar-refractivity contribution in [3.05, 3.63) is 35.9 Å². The first-order valence-corrected chi connectivity index (χ1v) is 7.68. The predicted molar refractivity (Wildman–Crippen MR) is 82.6 cm³/mol. The molecule has 1 fully saturated rings. The Morgan fingerprint density at radius 3 is 2.32 bits per heavy atom. The highest BCUT2D eigenvalue weighted by atomic mass is 15.1. The summed E-state index contributed by atoms with van der Waals surface area (Å²) in [6.07, 6.45) is 2.50. The maximum absolute atomic E-state index is 3.51. The van der Waals surface area contributed by atoms with Crippen molar-refractivity contribution < 1.29 is 0 Å². The zero-order chi connectivity index (χ0) is 13.7. The molecular weight excluding hydrogens is 232 g/mol. The fourth-order valence-corrected chi connectivity index (χ4v) is 3.28. The number of hydrogen-bond acceptors (Lipinski definition) is 2. The number of likely N-dealkylation sites (N-methyl/N-ethyl adjacent to an activating group) is 1. The molecule has 1 N–H and O–H groups in total. The van der Waals surface area contributed by atoms with E-state index in [0.29, 0.717) is 11.5 Å². The van der Waals surface area contributed by atoms with Gasteiger partial charge >= 0.3 is 0 Å². The molecule has 0 spiro atoms. The zero-order valence-corrected chi connectivity index (χ0v) is 12.7. The third-order valence-electron chi connectivity index (χ3n) is 4.59. The van der Waals surface area contributed by atoms with Gasteiger partial charge in [-0.25, -0.2) is 0 Å². The van der Waals surface area contributed by atoms with Gasteiger partial charge in [-0.15, -0.1) is 0 Å². The van der Waals surface area contributed by atoms with Crippen molar-refractivity contribution >= 4 is 0 Å². The molecule has 0 aromatic heterocycles. The van der Waals surface area contributed by atoms with E-state index in [0.717, 1.165) is 19.6 Å². The minimum atomic E-state index is 0.340. The van der Waals surface area contributed by atoms with Crippen LogP contribution in [0.3, 0.4) is 0 Å². The molecule has 0 atom stereocenters. The van der Waals surface area contributed by atoms with Crippen LogP contribution in [0.25, 0.3) is 0 Å². The average molecular weight is 260 g/mol. The molecule has 0 unspecified atom stereocenters. The largest absolute Gasteiger partial charge is 0.317 e. The van der Waals surface area contributed by atoms with E-state index in [4.69, 9.17) is 0 Å². The second-order valence-corrected chi connectivity index (χ2v) is 6.05. The van der Waals surface area contributed by atoms with E-state index in [-0.39, 0.29) is 0 Å². The Kier molecular flexibility index (Phi) is 5.00. The lowest BCUT2D eigenvalue weighted by atomic mass is 9.72. The monoisotopic (exact) mass is 260 g/mol. The van der Waals surface area contributed by atoms with E-state index in [1.54, 1.807) is 0 Å². The van der Waals surface area contributed by atoms with Crippen LogP contribution in [0, 0.1) is 0 Å². The Morgan fingerprint density at radius 2 is 1.79 bits per heavy atom. The van der Waals surface area contributed by atoms with E-state index in [1.807, 2.05) is 0 Å². The van der Waals surface area contributed by atoms with E-state index in [2.05, 4.69) is 61.3 Å². The molecule has 2 heteroatoms. The SMILES string of the molecule is CCN(CC1(c2ccccc2)CCNCC1)C(C)C. The van der Waals surface area contributed by atoms with Gasteiger partial charge in [0, 0.05) is 18.0 Å². The number of benzene rings is 1. The molecule has 2 nitrogen and oxygen atoms in total. The molecule has 1 aliphatic heterocycles. The van der Waals surface area contributed by atoms with E-state index in [1.165, 1.54) is 24.9 Å². The summed E-state index contributed by atoms with van der Waals surface area (Å²) in [5.41, 5.74) is 1.86. The molecule has 1 aliphatic rings. The van der Waals surface area contributed by atoms with Gasteiger partial charge in [-0.05, 0) is 51.9 Å². The van der Waals surface area contributed by atoms with Crippen molar-refractivity contribution in [3.63, 3.8) is 0 Å². The van der Waals surface area contributed by atoms with E-state index < -0.39 is 0 Å². The Balaban J connectivity index is 2.24. The zero-order valence-electron chi connectivity index (χ0n) is 12.7. The minimum Gasteiger partial charge on any atom is -0.317 e. The van der Waals surface area contributed by atoms with Crippen molar-refractivity contribution in [1.29, 1.82) is 0 Å². The number of nitrogens with one attached hydrogen (secondary N) is 1. The van der Waals surface area contributed by atoms with Gasteiger partial charge < -0.3 is 10.2 Å². The summed E-state index contributed by atoms with van der Waals surface area (Å²) in [4.78, 5) is 2.61. The van der Waals surface area contributed by atoms with Crippen molar-refractivity contribution in [1.82, 2.24) is 10.2 Å². The van der Waals surface area contributed by atoms with Crippen LogP contribution in [0.4, 0.5) is 0 Å². The predicted octanol–water partition coefficient (Wildman–Crippen LogP) is 3.04. The lowest BCUT2D eigenvalue weighted by molar-refractivity contribution is 0.150. The summed E-state index contributed by atoms with van der Waals surface area (Å²) in [7, 11) is 0. The molecular formula is C17H28N2. The third kappa shape index (κ3) is 3.37. The van der Waals surface area contributed by atoms with Gasteiger partial charge in [0.15, 0.2) is 0 Å². The molecule has 0 aliphatic carbocycles. The Bertz CT molecular complexity index is 366. The molecule has 0 amide bonds. The number of piperidine rings is 1. The van der Waals surface area contributed by atoms with Gasteiger partial charge in [0.1, 0.15) is 0 Å². The smallest absolute Gasteiger partial charge is 0.0104 e. The summed E-state index contributed by atoms with van der Waals surface area (Å²) in [5, 5.41) is 3.51. The van der Waals surface area contributed by atoms with E-state index >= 15 is 0 Å². The normalized spacial score (nSPS) is 19.0. The van der Waals surface area contributed by atoms with Gasteiger partial charge in [0.05, 0.1) is 0 Å². The van der Waals surface area contributed by atoms with Crippen LogP contribution in [-0.2, 0) is 5.41 Å². The maximum Gasteiger partial charge on any atom is 0.0104 e. The molecule has 0 saturated carbocycles. The van der Waals surface area contributed by atoms with Crippen LogP contribution in [0.2, 0.25) is 0 Å². The highest BCUT2D eigenvalue weighted by molar-refractivity contribution is 5.27. The molecule has 1 aromatic carbocycles. The van der Waals surface area contributed by atoms with Gasteiger partial charge in [0.2, 0.25) is 0 Å². The fraction of sp³-hybridized carbons (Fsp3) is 0.647. The Hall–Kier alpha value is -0.860. The lowest BCUT2D eigenvalue weighted by Crippen LogP contribution is -2.49. The number of rotatable bonds is 5. The van der Waals surface area contributed by atoms with Crippen molar-refractivity contribution in [2.75, 3.05) is 26.2 Å². The first-order valence-electron chi connectivity index (χ1n) is 7.68. The van der Waals surface area contributed by atoms with Gasteiger partial charge in [-0.1, -0.05) is 37.3 Å². The van der Waals surface area contributed by atoms with Crippen LogP contribution in [0.1, 0.15) is 39.2 Å². The second-order valence-electron chi connectivity index (χ2n) is 6.05. The van der Waals surface area contributed by atoms with Crippen LogP contribution in [0.5, 0.6) is 0 Å². The van der Waals surface area contributed by atoms with E-state index in [9.17, 15) is 0 Å². The molecule has 2 rings (SSSR count). The topological polar surface area (TPSA) is 15.3 Å². The standard InChI is InChI=1S/C17H28N2/c1-4-19(15(2)3)14-17(10-12-18-13-11-17)16-8-6-5-7-9-16/h5-9,15,18H,4,10-14H2,1-3H3. The van der Waals surface area contributed by atoms with Crippen LogP contribution < -0.4 is 5.32 Å². The second kappa shape index (κ2) is 6.53. The van der Waals surface area contributed by atoms with Crippen molar-refractivity contribution in [2.45, 2.75) is 45.1 Å². The highest BCUT2D eigenvalue weighted by Gasteiger charge is 2.35. The number of hydrogen-bond donors (Lipinski definition) is 1. The fourth-order valence-electron chi connectivity index (χ4n) is 3.28. The molecule has 0 bridgehead atoms. The third-order valence-corrected chi connectivity index (χ3v) is 4.59. The first-order chi connectivity index (χ1) is 9.18. The summed E-state index contributed by atoms with van der Waals surface area (Å²) >= 11 is 0.